The summed E-state index contributed by atoms with van der Waals surface area (Å²) in [5, 5.41) is 19.4. The van der Waals surface area contributed by atoms with Crippen LogP contribution in [0.2, 0.25) is 5.02 Å². The van der Waals surface area contributed by atoms with Crippen LogP contribution in [0, 0.1) is 21.4 Å². The number of aromatic nitrogens is 1. The molecule has 0 aliphatic rings. The molecule has 1 aromatic heterocycles. The fourth-order valence-corrected chi connectivity index (χ4v) is 1.74. The molecule has 1 heterocycles. The largest absolute Gasteiger partial charge is 0.383 e. The number of ether oxygens (including phenoxy) is 1. The summed E-state index contributed by atoms with van der Waals surface area (Å²) in [7, 11) is 1.56. The number of nitro groups is 1. The van der Waals surface area contributed by atoms with E-state index in [0.717, 1.165) is 6.20 Å². The van der Waals surface area contributed by atoms with Gasteiger partial charge in [0.05, 0.1) is 29.0 Å². The van der Waals surface area contributed by atoms with Crippen molar-refractivity contribution >= 4 is 23.1 Å². The maximum Gasteiger partial charge on any atom is 0.289 e. The van der Waals surface area contributed by atoms with Crippen LogP contribution in [0.25, 0.3) is 0 Å². The van der Waals surface area contributed by atoms with Gasteiger partial charge in [0.1, 0.15) is 12.0 Å². The molecule has 0 fully saturated rings. The lowest BCUT2D eigenvalue weighted by atomic mass is 10.3. The van der Waals surface area contributed by atoms with Crippen molar-refractivity contribution in [2.75, 3.05) is 31.7 Å². The number of rotatable bonds is 7. The van der Waals surface area contributed by atoms with Gasteiger partial charge in [-0.15, -0.1) is 0 Å². The zero-order chi connectivity index (χ0) is 14.3. The van der Waals surface area contributed by atoms with Crippen molar-refractivity contribution in [3.05, 3.63) is 27.4 Å². The van der Waals surface area contributed by atoms with Crippen LogP contribution in [0.1, 0.15) is 6.42 Å². The first kappa shape index (κ1) is 15.1. The summed E-state index contributed by atoms with van der Waals surface area (Å²) in [5.41, 5.74) is -0.166. The number of nitriles is 1. The minimum absolute atomic E-state index is 0.166. The van der Waals surface area contributed by atoms with E-state index in [-0.39, 0.29) is 10.7 Å². The van der Waals surface area contributed by atoms with Gasteiger partial charge < -0.3 is 9.64 Å². The van der Waals surface area contributed by atoms with E-state index < -0.39 is 4.92 Å². The Hall–Kier alpha value is -1.91. The Bertz CT molecular complexity index is 489. The van der Waals surface area contributed by atoms with E-state index in [0.29, 0.717) is 31.9 Å². The predicted octanol–water partition coefficient (Wildman–Crippen LogP) is 2.01. The van der Waals surface area contributed by atoms with Crippen LogP contribution < -0.4 is 4.90 Å². The number of methoxy groups -OCH3 is 1. The van der Waals surface area contributed by atoms with E-state index in [1.807, 2.05) is 6.07 Å². The first-order chi connectivity index (χ1) is 9.10. The monoisotopic (exact) mass is 284 g/mol. The molecule has 19 heavy (non-hydrogen) atoms. The minimum atomic E-state index is -0.558. The molecule has 0 atom stereocenters. The van der Waals surface area contributed by atoms with Gasteiger partial charge in [0.15, 0.2) is 0 Å². The van der Waals surface area contributed by atoms with Gasteiger partial charge in [0.2, 0.25) is 0 Å². The SMILES string of the molecule is COCCN(CCC#N)c1ncc([N+](=O)[O-])cc1Cl. The lowest BCUT2D eigenvalue weighted by molar-refractivity contribution is -0.385. The summed E-state index contributed by atoms with van der Waals surface area (Å²) in [4.78, 5) is 15.8. The molecule has 102 valence electrons. The number of nitrogens with zero attached hydrogens (tertiary/aromatic N) is 4. The lowest BCUT2D eigenvalue weighted by Gasteiger charge is -2.22. The quantitative estimate of drug-likeness (QED) is 0.562. The Labute approximate surface area is 115 Å². The fourth-order valence-electron chi connectivity index (χ4n) is 1.46. The summed E-state index contributed by atoms with van der Waals surface area (Å²) in [6, 6.07) is 3.28. The number of hydrogen-bond donors (Lipinski definition) is 0. The predicted molar refractivity (Wildman–Crippen MR) is 70.2 cm³/mol. The fraction of sp³-hybridized carbons (Fsp3) is 0.455. The third-order valence-electron chi connectivity index (χ3n) is 2.38. The van der Waals surface area contributed by atoms with Crippen LogP contribution in [0.15, 0.2) is 12.3 Å². The molecule has 1 aromatic rings. The van der Waals surface area contributed by atoms with Gasteiger partial charge in [-0.2, -0.15) is 5.26 Å². The van der Waals surface area contributed by atoms with Crippen LogP contribution in [0.3, 0.4) is 0 Å². The number of halogens is 1. The van der Waals surface area contributed by atoms with Gasteiger partial charge in [-0.1, -0.05) is 11.6 Å². The second-order valence-corrected chi connectivity index (χ2v) is 4.05. The van der Waals surface area contributed by atoms with E-state index in [9.17, 15) is 10.1 Å². The Morgan fingerprint density at radius 1 is 1.63 bits per heavy atom. The van der Waals surface area contributed by atoms with Crippen molar-refractivity contribution in [2.45, 2.75) is 6.42 Å². The van der Waals surface area contributed by atoms with E-state index in [4.69, 9.17) is 21.6 Å². The second kappa shape index (κ2) is 7.51. The molecule has 0 unspecified atom stereocenters. The molecule has 8 heteroatoms. The molecule has 1 rings (SSSR count). The van der Waals surface area contributed by atoms with Crippen molar-refractivity contribution in [2.24, 2.45) is 0 Å². The zero-order valence-electron chi connectivity index (χ0n) is 10.4. The second-order valence-electron chi connectivity index (χ2n) is 3.64. The third kappa shape index (κ3) is 4.35. The van der Waals surface area contributed by atoms with E-state index in [1.165, 1.54) is 6.07 Å². The maximum atomic E-state index is 10.6. The van der Waals surface area contributed by atoms with Gasteiger partial charge >= 0.3 is 0 Å². The van der Waals surface area contributed by atoms with Crippen LogP contribution >= 0.6 is 11.6 Å². The molecule has 0 saturated heterocycles. The van der Waals surface area contributed by atoms with Gasteiger partial charge in [-0.25, -0.2) is 4.98 Å². The topological polar surface area (TPSA) is 92.3 Å². The highest BCUT2D eigenvalue weighted by molar-refractivity contribution is 6.33. The maximum absolute atomic E-state index is 10.6. The molecule has 7 nitrogen and oxygen atoms in total. The molecule has 0 amide bonds. The lowest BCUT2D eigenvalue weighted by Crippen LogP contribution is -2.29. The van der Waals surface area contributed by atoms with Crippen LogP contribution in [0.5, 0.6) is 0 Å². The summed E-state index contributed by atoms with van der Waals surface area (Å²) in [5.74, 6) is 0.416. The summed E-state index contributed by atoms with van der Waals surface area (Å²) >= 11 is 5.99. The number of hydrogen-bond acceptors (Lipinski definition) is 6. The molecule has 0 aliphatic carbocycles. The molecule has 0 radical (unpaired) electrons. The van der Waals surface area contributed by atoms with Crippen molar-refractivity contribution in [3.63, 3.8) is 0 Å². The van der Waals surface area contributed by atoms with Crippen LogP contribution in [-0.2, 0) is 4.74 Å². The summed E-state index contributed by atoms with van der Waals surface area (Å²) in [6.07, 6.45) is 1.45. The zero-order valence-corrected chi connectivity index (χ0v) is 11.1. The summed E-state index contributed by atoms with van der Waals surface area (Å²) in [6.45, 7) is 1.38. The van der Waals surface area contributed by atoms with Gasteiger partial charge in [0, 0.05) is 26.3 Å². The molecule has 0 bridgehead atoms. The molecule has 0 aromatic carbocycles. The third-order valence-corrected chi connectivity index (χ3v) is 2.65. The van der Waals surface area contributed by atoms with E-state index in [1.54, 1.807) is 12.0 Å². The Balaban J connectivity index is 2.94. The summed E-state index contributed by atoms with van der Waals surface area (Å²) < 4.78 is 4.97. The average molecular weight is 285 g/mol. The Morgan fingerprint density at radius 3 is 2.89 bits per heavy atom. The number of pyridine rings is 1. The molecule has 0 spiro atoms. The smallest absolute Gasteiger partial charge is 0.289 e. The average Bonchev–Trinajstić information content (AvgIpc) is 2.39. The normalized spacial score (nSPS) is 9.95. The van der Waals surface area contributed by atoms with E-state index in [2.05, 4.69) is 4.98 Å². The molecule has 0 saturated carbocycles. The van der Waals surface area contributed by atoms with Crippen LogP contribution in [0.4, 0.5) is 11.5 Å². The molecular formula is C11H13ClN4O3. The van der Waals surface area contributed by atoms with Gasteiger partial charge in [0.25, 0.3) is 5.69 Å². The first-order valence-corrected chi connectivity index (χ1v) is 5.88. The van der Waals surface area contributed by atoms with E-state index >= 15 is 0 Å². The van der Waals surface area contributed by atoms with Crippen molar-refractivity contribution in [1.82, 2.24) is 4.98 Å². The first-order valence-electron chi connectivity index (χ1n) is 5.51. The van der Waals surface area contributed by atoms with Gasteiger partial charge in [-0.05, 0) is 0 Å². The Morgan fingerprint density at radius 2 is 2.37 bits per heavy atom. The molecule has 0 aliphatic heterocycles. The van der Waals surface area contributed by atoms with Crippen molar-refractivity contribution < 1.29 is 9.66 Å². The molecule has 0 N–H and O–H groups in total. The highest BCUT2D eigenvalue weighted by atomic mass is 35.5. The van der Waals surface area contributed by atoms with Crippen molar-refractivity contribution in [1.29, 1.82) is 5.26 Å². The highest BCUT2D eigenvalue weighted by Gasteiger charge is 2.16. The standard InChI is InChI=1S/C11H13ClN4O3/c1-19-6-5-15(4-2-3-13)11-10(12)7-9(8-14-11)16(17)18/h7-8H,2,4-6H2,1H3. The van der Waals surface area contributed by atoms with Crippen LogP contribution in [-0.4, -0.2) is 36.7 Å². The number of anilines is 1. The van der Waals surface area contributed by atoms with Crippen molar-refractivity contribution in [3.8, 4) is 6.07 Å². The molecular weight excluding hydrogens is 272 g/mol. The highest BCUT2D eigenvalue weighted by Crippen LogP contribution is 2.27. The minimum Gasteiger partial charge on any atom is -0.383 e. The van der Waals surface area contributed by atoms with Gasteiger partial charge in [-0.3, -0.25) is 10.1 Å². The Kier molecular flexibility index (Phi) is 5.99.